The molecule has 1 heterocycles. The molecule has 0 N–H and O–H groups in total. The van der Waals surface area contributed by atoms with Crippen LogP contribution in [-0.2, 0) is 0 Å². The van der Waals surface area contributed by atoms with Gasteiger partial charge in [-0.05, 0) is 42.2 Å². The molecule has 0 radical (unpaired) electrons. The molecule has 0 amide bonds. The van der Waals surface area contributed by atoms with Crippen LogP contribution in [0.25, 0.3) is 44.3 Å². The quantitative estimate of drug-likeness (QED) is 0.308. The van der Waals surface area contributed by atoms with Gasteiger partial charge in [0, 0.05) is 22.7 Å². The topological polar surface area (TPSA) is 12.9 Å². The fourth-order valence-corrected chi connectivity index (χ4v) is 3.96. The van der Waals surface area contributed by atoms with Crippen molar-refractivity contribution >= 4 is 10.9 Å². The lowest BCUT2D eigenvalue weighted by Gasteiger charge is -2.13. The Balaban J connectivity index is 1.77. The number of nitrogens with zero attached hydrogens (tertiary/aromatic N) is 1. The third kappa shape index (κ3) is 3.40. The zero-order valence-electron chi connectivity index (χ0n) is 17.3. The number of aryl methyl sites for hydroxylation is 2. The summed E-state index contributed by atoms with van der Waals surface area (Å²) in [5.41, 5.74) is 10.7. The number of pyridine rings is 1. The first-order valence-electron chi connectivity index (χ1n) is 10.3. The van der Waals surface area contributed by atoms with Crippen LogP contribution in [0.5, 0.6) is 0 Å². The van der Waals surface area contributed by atoms with Crippen LogP contribution in [-0.4, -0.2) is 4.98 Å². The van der Waals surface area contributed by atoms with E-state index in [4.69, 9.17) is 4.98 Å². The van der Waals surface area contributed by atoms with E-state index < -0.39 is 0 Å². The van der Waals surface area contributed by atoms with Crippen molar-refractivity contribution in [2.45, 2.75) is 13.8 Å². The summed E-state index contributed by atoms with van der Waals surface area (Å²) in [7, 11) is 0. The van der Waals surface area contributed by atoms with Crippen molar-refractivity contribution in [1.82, 2.24) is 4.98 Å². The molecule has 0 aliphatic heterocycles. The highest BCUT2D eigenvalue weighted by molar-refractivity contribution is 6.04. The van der Waals surface area contributed by atoms with Crippen LogP contribution in [0, 0.1) is 13.8 Å². The fraction of sp³-hybridized carbons (Fsp3) is 0.0690. The molecule has 0 fully saturated rings. The van der Waals surface area contributed by atoms with E-state index in [1.54, 1.807) is 0 Å². The Hall–Kier alpha value is -3.71. The molecule has 0 bridgehead atoms. The number of hydrogen-bond acceptors (Lipinski definition) is 1. The lowest BCUT2D eigenvalue weighted by atomic mass is 9.93. The van der Waals surface area contributed by atoms with E-state index in [9.17, 15) is 0 Å². The first-order chi connectivity index (χ1) is 14.7. The summed E-state index contributed by atoms with van der Waals surface area (Å²) in [6.07, 6.45) is 1.99. The van der Waals surface area contributed by atoms with Gasteiger partial charge in [-0.25, -0.2) is 0 Å². The lowest BCUT2D eigenvalue weighted by molar-refractivity contribution is 1.40. The van der Waals surface area contributed by atoms with Crippen molar-refractivity contribution in [3.63, 3.8) is 0 Å². The van der Waals surface area contributed by atoms with Gasteiger partial charge in [0.15, 0.2) is 0 Å². The first kappa shape index (κ1) is 18.3. The standard InChI is InChI=1S/C29H23N/c1-20-8-12-23(13-9-20)26-16-17-27(24-14-10-21(2)11-15-24)29-28(26)18-25(19-30-29)22-6-4-3-5-7-22/h3-19H,1-2H3. The van der Waals surface area contributed by atoms with Gasteiger partial charge < -0.3 is 0 Å². The zero-order valence-corrected chi connectivity index (χ0v) is 17.3. The van der Waals surface area contributed by atoms with Crippen LogP contribution in [0.15, 0.2) is 103 Å². The van der Waals surface area contributed by atoms with Crippen molar-refractivity contribution in [2.24, 2.45) is 0 Å². The van der Waals surface area contributed by atoms with Crippen LogP contribution in [0.2, 0.25) is 0 Å². The third-order valence-electron chi connectivity index (χ3n) is 5.68. The molecule has 0 aliphatic carbocycles. The second-order valence-corrected chi connectivity index (χ2v) is 7.88. The maximum absolute atomic E-state index is 4.96. The average molecular weight is 386 g/mol. The summed E-state index contributed by atoms with van der Waals surface area (Å²) in [5.74, 6) is 0. The Labute approximate surface area is 177 Å². The van der Waals surface area contributed by atoms with Gasteiger partial charge in [-0.15, -0.1) is 0 Å². The van der Waals surface area contributed by atoms with E-state index >= 15 is 0 Å². The Bertz CT molecular complexity index is 1320. The zero-order chi connectivity index (χ0) is 20.5. The van der Waals surface area contributed by atoms with Gasteiger partial charge in [0.2, 0.25) is 0 Å². The monoisotopic (exact) mass is 385 g/mol. The fourth-order valence-electron chi connectivity index (χ4n) is 3.96. The molecule has 144 valence electrons. The van der Waals surface area contributed by atoms with Gasteiger partial charge in [0.25, 0.3) is 0 Å². The van der Waals surface area contributed by atoms with Gasteiger partial charge in [-0.2, -0.15) is 0 Å². The van der Waals surface area contributed by atoms with Crippen molar-refractivity contribution < 1.29 is 0 Å². The van der Waals surface area contributed by atoms with Crippen LogP contribution < -0.4 is 0 Å². The van der Waals surface area contributed by atoms with Crippen molar-refractivity contribution in [2.75, 3.05) is 0 Å². The van der Waals surface area contributed by atoms with E-state index in [1.807, 2.05) is 12.3 Å². The SMILES string of the molecule is Cc1ccc(-c2ccc(-c3ccc(C)cc3)c3ncc(-c4ccccc4)cc23)cc1. The molecule has 1 aromatic heterocycles. The maximum atomic E-state index is 4.96. The largest absolute Gasteiger partial charge is 0.255 e. The van der Waals surface area contributed by atoms with E-state index in [0.717, 1.165) is 11.1 Å². The summed E-state index contributed by atoms with van der Waals surface area (Å²) in [4.78, 5) is 4.96. The molecule has 5 aromatic rings. The Morgan fingerprint density at radius 1 is 0.500 bits per heavy atom. The van der Waals surface area contributed by atoms with Crippen molar-refractivity contribution in [1.29, 1.82) is 0 Å². The van der Waals surface area contributed by atoms with Gasteiger partial charge in [-0.1, -0.05) is 102 Å². The minimum atomic E-state index is 1.04. The third-order valence-corrected chi connectivity index (χ3v) is 5.68. The molecular weight excluding hydrogens is 362 g/mol. The second kappa shape index (κ2) is 7.61. The summed E-state index contributed by atoms with van der Waals surface area (Å²) < 4.78 is 0. The van der Waals surface area contributed by atoms with Gasteiger partial charge in [-0.3, -0.25) is 4.98 Å². The molecular formula is C29H23N. The highest BCUT2D eigenvalue weighted by Crippen LogP contribution is 2.36. The smallest absolute Gasteiger partial charge is 0.0786 e. The molecule has 4 aromatic carbocycles. The second-order valence-electron chi connectivity index (χ2n) is 7.88. The van der Waals surface area contributed by atoms with Crippen molar-refractivity contribution in [3.05, 3.63) is 114 Å². The molecule has 30 heavy (non-hydrogen) atoms. The Morgan fingerprint density at radius 2 is 1.07 bits per heavy atom. The highest BCUT2D eigenvalue weighted by atomic mass is 14.7. The van der Waals surface area contributed by atoms with E-state index in [1.165, 1.54) is 44.3 Å². The number of fused-ring (bicyclic) bond motifs is 1. The average Bonchev–Trinajstić information content (AvgIpc) is 2.80. The van der Waals surface area contributed by atoms with Crippen LogP contribution in [0.4, 0.5) is 0 Å². The van der Waals surface area contributed by atoms with E-state index in [2.05, 4.69) is 105 Å². The minimum Gasteiger partial charge on any atom is -0.255 e. The summed E-state index contributed by atoms with van der Waals surface area (Å²) in [5, 5.41) is 1.18. The highest BCUT2D eigenvalue weighted by Gasteiger charge is 2.12. The normalized spacial score (nSPS) is 11.0. The van der Waals surface area contributed by atoms with E-state index in [-0.39, 0.29) is 0 Å². The predicted octanol–water partition coefficient (Wildman–Crippen LogP) is 7.85. The lowest BCUT2D eigenvalue weighted by Crippen LogP contribution is -1.91. The Kier molecular flexibility index (Phi) is 4.65. The number of benzene rings is 4. The van der Waals surface area contributed by atoms with Gasteiger partial charge in [0.1, 0.15) is 0 Å². The van der Waals surface area contributed by atoms with Crippen LogP contribution >= 0.6 is 0 Å². The molecule has 0 spiro atoms. The number of hydrogen-bond donors (Lipinski definition) is 0. The predicted molar refractivity (Wildman–Crippen MR) is 128 cm³/mol. The summed E-state index contributed by atoms with van der Waals surface area (Å²) in [6.45, 7) is 4.24. The molecule has 0 saturated carbocycles. The molecule has 1 heteroatoms. The molecule has 5 rings (SSSR count). The van der Waals surface area contributed by atoms with Crippen molar-refractivity contribution in [3.8, 4) is 33.4 Å². The van der Waals surface area contributed by atoms with Crippen LogP contribution in [0.3, 0.4) is 0 Å². The van der Waals surface area contributed by atoms with E-state index in [0.29, 0.717) is 0 Å². The van der Waals surface area contributed by atoms with Gasteiger partial charge >= 0.3 is 0 Å². The Morgan fingerprint density at radius 3 is 1.70 bits per heavy atom. The maximum Gasteiger partial charge on any atom is 0.0786 e. The van der Waals surface area contributed by atoms with Gasteiger partial charge in [0.05, 0.1) is 5.52 Å². The number of aromatic nitrogens is 1. The summed E-state index contributed by atoms with van der Waals surface area (Å²) >= 11 is 0. The first-order valence-corrected chi connectivity index (χ1v) is 10.3. The van der Waals surface area contributed by atoms with Crippen LogP contribution in [0.1, 0.15) is 11.1 Å². The number of rotatable bonds is 3. The molecule has 1 nitrogen and oxygen atoms in total. The molecule has 0 unspecified atom stereocenters. The minimum absolute atomic E-state index is 1.04. The molecule has 0 saturated heterocycles. The molecule has 0 aliphatic rings. The molecule has 0 atom stereocenters. The summed E-state index contributed by atoms with van der Waals surface area (Å²) in [6, 6.07) is 34.6.